The molecule has 3 heteroatoms. The first-order valence-corrected chi connectivity index (χ1v) is 5.69. The van der Waals surface area contributed by atoms with Crippen molar-refractivity contribution in [2.45, 2.75) is 32.6 Å². The van der Waals surface area contributed by atoms with Crippen molar-refractivity contribution in [3.8, 4) is 5.75 Å². The largest absolute Gasteiger partial charge is 0.432 e. The van der Waals surface area contributed by atoms with E-state index in [1.807, 2.05) is 12.1 Å². The van der Waals surface area contributed by atoms with Gasteiger partial charge in [-0.1, -0.05) is 31.9 Å². The zero-order chi connectivity index (χ0) is 11.1. The van der Waals surface area contributed by atoms with Gasteiger partial charge in [-0.25, -0.2) is 0 Å². The summed E-state index contributed by atoms with van der Waals surface area (Å²) in [5, 5.41) is 0.0636. The van der Waals surface area contributed by atoms with Crippen LogP contribution in [0.2, 0.25) is 0 Å². The normalized spacial score (nSPS) is 9.93. The Hall–Kier alpha value is -1.09. The molecule has 1 aromatic rings. The van der Waals surface area contributed by atoms with E-state index in [1.54, 1.807) is 0 Å². The Labute approximate surface area is 96.4 Å². The van der Waals surface area contributed by atoms with Crippen LogP contribution < -0.4 is 10.5 Å². The van der Waals surface area contributed by atoms with E-state index < -0.39 is 0 Å². The molecule has 0 unspecified atom stereocenters. The van der Waals surface area contributed by atoms with Crippen LogP contribution in [0, 0.1) is 0 Å². The van der Waals surface area contributed by atoms with E-state index in [1.165, 1.54) is 24.8 Å². The molecule has 0 saturated carbocycles. The number of rotatable bonds is 5. The maximum atomic E-state index is 5.27. The average Bonchev–Trinajstić information content (AvgIpc) is 2.20. The molecule has 1 aromatic carbocycles. The van der Waals surface area contributed by atoms with E-state index in [0.717, 1.165) is 6.42 Å². The van der Waals surface area contributed by atoms with Gasteiger partial charge in [0.15, 0.2) is 0 Å². The Morgan fingerprint density at radius 1 is 1.27 bits per heavy atom. The van der Waals surface area contributed by atoms with Crippen LogP contribution in [-0.4, -0.2) is 5.17 Å². The highest BCUT2D eigenvalue weighted by Crippen LogP contribution is 2.14. The van der Waals surface area contributed by atoms with Crippen molar-refractivity contribution >= 4 is 17.4 Å². The molecule has 0 heterocycles. The molecule has 0 aliphatic carbocycles. The summed E-state index contributed by atoms with van der Waals surface area (Å²) in [4.78, 5) is 0. The second kappa shape index (κ2) is 6.40. The second-order valence-electron chi connectivity index (χ2n) is 3.52. The number of benzene rings is 1. The SMILES string of the molecule is CCCCCc1ccc(OC(N)=S)cc1. The average molecular weight is 223 g/mol. The quantitative estimate of drug-likeness (QED) is 0.615. The smallest absolute Gasteiger partial charge is 0.259 e. The highest BCUT2D eigenvalue weighted by molar-refractivity contribution is 7.80. The zero-order valence-corrected chi connectivity index (χ0v) is 9.85. The van der Waals surface area contributed by atoms with E-state index in [-0.39, 0.29) is 5.17 Å². The number of nitrogens with two attached hydrogens (primary N) is 1. The maximum Gasteiger partial charge on any atom is 0.259 e. The number of ether oxygens (including phenoxy) is 1. The fourth-order valence-corrected chi connectivity index (χ4v) is 1.52. The van der Waals surface area contributed by atoms with Crippen LogP contribution in [0.25, 0.3) is 0 Å². The molecular weight excluding hydrogens is 206 g/mol. The topological polar surface area (TPSA) is 35.2 Å². The van der Waals surface area contributed by atoms with E-state index in [0.29, 0.717) is 5.75 Å². The van der Waals surface area contributed by atoms with Crippen molar-refractivity contribution in [2.24, 2.45) is 5.73 Å². The molecule has 1 rings (SSSR count). The number of hydrogen-bond donors (Lipinski definition) is 1. The minimum Gasteiger partial charge on any atom is -0.432 e. The molecule has 82 valence electrons. The van der Waals surface area contributed by atoms with E-state index in [4.69, 9.17) is 10.5 Å². The first-order valence-electron chi connectivity index (χ1n) is 5.28. The monoisotopic (exact) mass is 223 g/mol. The van der Waals surface area contributed by atoms with Crippen molar-refractivity contribution in [1.82, 2.24) is 0 Å². The van der Waals surface area contributed by atoms with Gasteiger partial charge < -0.3 is 10.5 Å². The lowest BCUT2D eigenvalue weighted by atomic mass is 10.1. The van der Waals surface area contributed by atoms with Crippen molar-refractivity contribution < 1.29 is 4.74 Å². The molecule has 0 radical (unpaired) electrons. The Morgan fingerprint density at radius 3 is 2.47 bits per heavy atom. The van der Waals surface area contributed by atoms with Gasteiger partial charge in [0.1, 0.15) is 5.75 Å². The molecule has 0 aromatic heterocycles. The first-order chi connectivity index (χ1) is 7.22. The minimum atomic E-state index is 0.0636. The van der Waals surface area contributed by atoms with E-state index in [9.17, 15) is 0 Å². The highest BCUT2D eigenvalue weighted by atomic mass is 32.1. The summed E-state index contributed by atoms with van der Waals surface area (Å²) in [5.74, 6) is 0.710. The van der Waals surface area contributed by atoms with Gasteiger partial charge in [-0.2, -0.15) is 0 Å². The van der Waals surface area contributed by atoms with Gasteiger partial charge in [0, 0.05) is 0 Å². The van der Waals surface area contributed by atoms with E-state index >= 15 is 0 Å². The fraction of sp³-hybridized carbons (Fsp3) is 0.417. The van der Waals surface area contributed by atoms with Crippen LogP contribution in [0.1, 0.15) is 31.7 Å². The van der Waals surface area contributed by atoms with Gasteiger partial charge in [0.2, 0.25) is 0 Å². The fourth-order valence-electron chi connectivity index (χ4n) is 1.42. The Kier molecular flexibility index (Phi) is 5.12. The Bertz CT molecular complexity index is 308. The molecule has 0 amide bonds. The van der Waals surface area contributed by atoms with Gasteiger partial charge in [0.25, 0.3) is 5.17 Å². The molecule has 0 aliphatic rings. The third-order valence-electron chi connectivity index (χ3n) is 2.21. The maximum absolute atomic E-state index is 5.27. The Balaban J connectivity index is 2.45. The van der Waals surface area contributed by atoms with Crippen LogP contribution >= 0.6 is 12.2 Å². The number of unbranched alkanes of at least 4 members (excludes halogenated alkanes) is 2. The standard InChI is InChI=1S/C12H17NOS/c1-2-3-4-5-10-6-8-11(9-7-10)14-12(13)15/h6-9H,2-5H2,1H3,(H2,13,15). The third-order valence-corrected chi connectivity index (χ3v) is 2.29. The van der Waals surface area contributed by atoms with Crippen molar-refractivity contribution in [2.75, 3.05) is 0 Å². The van der Waals surface area contributed by atoms with Gasteiger partial charge in [-0.15, -0.1) is 0 Å². The van der Waals surface area contributed by atoms with Crippen LogP contribution in [0.15, 0.2) is 24.3 Å². The lowest BCUT2D eigenvalue weighted by molar-refractivity contribution is 0.557. The van der Waals surface area contributed by atoms with Gasteiger partial charge in [0.05, 0.1) is 0 Å². The predicted molar refractivity (Wildman–Crippen MR) is 67.1 cm³/mol. The minimum absolute atomic E-state index is 0.0636. The second-order valence-corrected chi connectivity index (χ2v) is 3.92. The molecule has 0 spiro atoms. The summed E-state index contributed by atoms with van der Waals surface area (Å²) >= 11 is 4.65. The summed E-state index contributed by atoms with van der Waals surface area (Å²) in [7, 11) is 0. The Morgan fingerprint density at radius 2 is 1.93 bits per heavy atom. The van der Waals surface area contributed by atoms with Crippen LogP contribution in [-0.2, 0) is 6.42 Å². The third kappa shape index (κ3) is 4.79. The summed E-state index contributed by atoms with van der Waals surface area (Å²) in [5.41, 5.74) is 6.60. The number of aryl methyl sites for hydroxylation is 1. The van der Waals surface area contributed by atoms with E-state index in [2.05, 4.69) is 31.3 Å². The lowest BCUT2D eigenvalue weighted by Crippen LogP contribution is -2.15. The molecule has 2 nitrogen and oxygen atoms in total. The van der Waals surface area contributed by atoms with Gasteiger partial charge in [-0.3, -0.25) is 0 Å². The summed E-state index contributed by atoms with van der Waals surface area (Å²) in [6, 6.07) is 7.92. The highest BCUT2D eigenvalue weighted by Gasteiger charge is 1.96. The lowest BCUT2D eigenvalue weighted by Gasteiger charge is -2.04. The van der Waals surface area contributed by atoms with Gasteiger partial charge >= 0.3 is 0 Å². The first kappa shape index (κ1) is 12.0. The molecular formula is C12H17NOS. The van der Waals surface area contributed by atoms with Crippen molar-refractivity contribution in [1.29, 1.82) is 0 Å². The molecule has 0 atom stereocenters. The zero-order valence-electron chi connectivity index (χ0n) is 9.03. The number of thiocarbonyl (C=S) groups is 1. The predicted octanol–water partition coefficient (Wildman–Crippen LogP) is 3.04. The van der Waals surface area contributed by atoms with Crippen LogP contribution in [0.4, 0.5) is 0 Å². The van der Waals surface area contributed by atoms with Crippen molar-refractivity contribution in [3.63, 3.8) is 0 Å². The molecule has 0 fully saturated rings. The molecule has 0 bridgehead atoms. The molecule has 15 heavy (non-hydrogen) atoms. The van der Waals surface area contributed by atoms with Crippen molar-refractivity contribution in [3.05, 3.63) is 29.8 Å². The summed E-state index contributed by atoms with van der Waals surface area (Å²) < 4.78 is 5.10. The summed E-state index contributed by atoms with van der Waals surface area (Å²) in [6.07, 6.45) is 4.90. The van der Waals surface area contributed by atoms with Crippen LogP contribution in [0.5, 0.6) is 5.75 Å². The molecule has 0 saturated heterocycles. The van der Waals surface area contributed by atoms with Gasteiger partial charge in [-0.05, 0) is 42.8 Å². The summed E-state index contributed by atoms with van der Waals surface area (Å²) in [6.45, 7) is 2.21. The molecule has 0 aliphatic heterocycles. The van der Waals surface area contributed by atoms with Crippen LogP contribution in [0.3, 0.4) is 0 Å². The number of hydrogen-bond acceptors (Lipinski definition) is 2. The molecule has 2 N–H and O–H groups in total.